The number of carbonyl (C=O) groups excluding carboxylic acids is 1. The van der Waals surface area contributed by atoms with E-state index >= 15 is 0 Å². The minimum absolute atomic E-state index is 0.00122. The van der Waals surface area contributed by atoms with E-state index in [1.165, 1.54) is 19.0 Å². The Kier molecular flexibility index (Phi) is 4.70. The summed E-state index contributed by atoms with van der Waals surface area (Å²) in [5.74, 6) is 0.717. The van der Waals surface area contributed by atoms with Crippen molar-refractivity contribution in [3.63, 3.8) is 0 Å². The van der Waals surface area contributed by atoms with Crippen molar-refractivity contribution in [3.8, 4) is 0 Å². The third-order valence-corrected chi connectivity index (χ3v) is 4.99. The van der Waals surface area contributed by atoms with Gasteiger partial charge in [-0.05, 0) is 49.3 Å². The van der Waals surface area contributed by atoms with Crippen LogP contribution in [0.1, 0.15) is 35.2 Å². The van der Waals surface area contributed by atoms with Crippen molar-refractivity contribution in [2.24, 2.45) is 5.92 Å². The van der Waals surface area contributed by atoms with Crippen molar-refractivity contribution in [1.82, 2.24) is 20.1 Å². The lowest BCUT2D eigenvalue weighted by molar-refractivity contribution is 0.0200. The fourth-order valence-corrected chi connectivity index (χ4v) is 3.40. The summed E-state index contributed by atoms with van der Waals surface area (Å²) in [6.45, 7) is 1.52. The van der Waals surface area contributed by atoms with E-state index in [1.54, 1.807) is 18.5 Å². The molecule has 0 unspecified atom stereocenters. The molecular formula is C19H22N4O2. The summed E-state index contributed by atoms with van der Waals surface area (Å²) in [7, 11) is 0. The Labute approximate surface area is 147 Å². The molecule has 1 saturated carbocycles. The molecule has 0 N–H and O–H groups in total. The summed E-state index contributed by atoms with van der Waals surface area (Å²) in [6.07, 6.45) is 11.0. The molecule has 6 heteroatoms. The van der Waals surface area contributed by atoms with E-state index in [2.05, 4.69) is 21.2 Å². The van der Waals surface area contributed by atoms with Crippen LogP contribution in [0.4, 0.5) is 0 Å². The predicted octanol–water partition coefficient (Wildman–Crippen LogP) is 2.12. The van der Waals surface area contributed by atoms with Gasteiger partial charge < -0.3 is 9.64 Å². The topological polar surface area (TPSA) is 68.2 Å². The molecule has 25 heavy (non-hydrogen) atoms. The van der Waals surface area contributed by atoms with Gasteiger partial charge in [-0.15, -0.1) is 0 Å². The summed E-state index contributed by atoms with van der Waals surface area (Å²) in [5, 5.41) is 7.59. The Balaban J connectivity index is 1.52. The Morgan fingerprint density at radius 2 is 2.08 bits per heavy atom. The van der Waals surface area contributed by atoms with Crippen molar-refractivity contribution in [2.45, 2.75) is 37.8 Å². The first kappa shape index (κ1) is 16.1. The average molecular weight is 338 g/mol. The molecule has 2 aromatic rings. The van der Waals surface area contributed by atoms with Gasteiger partial charge in [0.15, 0.2) is 0 Å². The molecule has 3 heterocycles. The van der Waals surface area contributed by atoms with Gasteiger partial charge in [0.25, 0.3) is 5.91 Å². The van der Waals surface area contributed by atoms with Gasteiger partial charge in [-0.25, -0.2) is 0 Å². The monoisotopic (exact) mass is 338 g/mol. The number of amides is 1. The molecule has 4 rings (SSSR count). The lowest BCUT2D eigenvalue weighted by Crippen LogP contribution is -2.42. The van der Waals surface area contributed by atoms with Crippen LogP contribution >= 0.6 is 0 Å². The summed E-state index contributed by atoms with van der Waals surface area (Å²) < 4.78 is 6.19. The smallest absolute Gasteiger partial charge is 0.255 e. The average Bonchev–Trinajstić information content (AvgIpc) is 3.42. The number of aromatic nitrogens is 3. The van der Waals surface area contributed by atoms with Gasteiger partial charge in [-0.2, -0.15) is 10.2 Å². The largest absolute Gasteiger partial charge is 0.376 e. The van der Waals surface area contributed by atoms with Crippen molar-refractivity contribution < 1.29 is 9.53 Å². The molecule has 0 radical (unpaired) electrons. The molecule has 1 amide bonds. The van der Waals surface area contributed by atoms with E-state index in [1.807, 2.05) is 17.2 Å². The van der Waals surface area contributed by atoms with E-state index < -0.39 is 0 Å². The Morgan fingerprint density at radius 3 is 2.80 bits per heavy atom. The molecular weight excluding hydrogens is 316 g/mol. The molecule has 2 aliphatic rings. The molecule has 130 valence electrons. The van der Waals surface area contributed by atoms with Crippen LogP contribution in [0.5, 0.6) is 0 Å². The number of rotatable bonds is 6. The molecule has 0 bridgehead atoms. The van der Waals surface area contributed by atoms with Gasteiger partial charge in [-0.3, -0.25) is 9.78 Å². The zero-order valence-electron chi connectivity index (χ0n) is 14.1. The Morgan fingerprint density at radius 1 is 1.16 bits per heavy atom. The SMILES string of the molecule is O=C(c1ccnnc1)N1CC[C@@H](OCC2CC2)[C@H]1Cc1cccnc1. The third kappa shape index (κ3) is 3.85. The maximum absolute atomic E-state index is 12.9. The van der Waals surface area contributed by atoms with Gasteiger partial charge in [0.05, 0.1) is 30.1 Å². The van der Waals surface area contributed by atoms with Gasteiger partial charge >= 0.3 is 0 Å². The second-order valence-electron chi connectivity index (χ2n) is 6.87. The molecule has 0 spiro atoms. The molecule has 1 aliphatic carbocycles. The first-order valence-electron chi connectivity index (χ1n) is 8.89. The second kappa shape index (κ2) is 7.27. The van der Waals surface area contributed by atoms with Crippen LogP contribution in [0.25, 0.3) is 0 Å². The lowest BCUT2D eigenvalue weighted by Gasteiger charge is -2.28. The van der Waals surface area contributed by atoms with Gasteiger partial charge in [0.1, 0.15) is 0 Å². The Hall–Kier alpha value is -2.34. The Bertz CT molecular complexity index is 706. The van der Waals surface area contributed by atoms with Crippen molar-refractivity contribution in [3.05, 3.63) is 54.1 Å². The molecule has 2 aromatic heterocycles. The second-order valence-corrected chi connectivity index (χ2v) is 6.87. The zero-order valence-corrected chi connectivity index (χ0v) is 14.1. The fraction of sp³-hybridized carbons (Fsp3) is 0.474. The van der Waals surface area contributed by atoms with Crippen molar-refractivity contribution in [2.75, 3.05) is 13.2 Å². The van der Waals surface area contributed by atoms with Crippen LogP contribution in [-0.2, 0) is 11.2 Å². The molecule has 2 atom stereocenters. The number of ether oxygens (including phenoxy) is 1. The van der Waals surface area contributed by atoms with Crippen LogP contribution in [-0.4, -0.2) is 51.3 Å². The predicted molar refractivity (Wildman–Crippen MR) is 91.9 cm³/mol. The number of pyridine rings is 1. The van der Waals surface area contributed by atoms with Gasteiger partial charge in [0, 0.05) is 25.5 Å². The van der Waals surface area contributed by atoms with E-state index in [-0.39, 0.29) is 18.1 Å². The van der Waals surface area contributed by atoms with Crippen LogP contribution in [0.3, 0.4) is 0 Å². The molecule has 6 nitrogen and oxygen atoms in total. The van der Waals surface area contributed by atoms with Crippen LogP contribution in [0, 0.1) is 5.92 Å². The van der Waals surface area contributed by atoms with E-state index in [9.17, 15) is 4.79 Å². The number of nitrogens with zero attached hydrogens (tertiary/aromatic N) is 4. The number of hydrogen-bond acceptors (Lipinski definition) is 5. The van der Waals surface area contributed by atoms with Gasteiger partial charge in [0.2, 0.25) is 0 Å². The first-order valence-corrected chi connectivity index (χ1v) is 8.89. The normalized spacial score (nSPS) is 23.0. The fourth-order valence-electron chi connectivity index (χ4n) is 3.40. The van der Waals surface area contributed by atoms with Crippen molar-refractivity contribution in [1.29, 1.82) is 0 Å². The van der Waals surface area contributed by atoms with Crippen molar-refractivity contribution >= 4 is 5.91 Å². The highest BCUT2D eigenvalue weighted by atomic mass is 16.5. The molecule has 1 aliphatic heterocycles. The van der Waals surface area contributed by atoms with Crippen LogP contribution in [0.2, 0.25) is 0 Å². The summed E-state index contributed by atoms with van der Waals surface area (Å²) in [6, 6.07) is 5.74. The van der Waals surface area contributed by atoms with Gasteiger partial charge in [-0.1, -0.05) is 6.07 Å². The minimum atomic E-state index is 0.00122. The van der Waals surface area contributed by atoms with Crippen LogP contribution < -0.4 is 0 Å². The zero-order chi connectivity index (χ0) is 17.1. The summed E-state index contributed by atoms with van der Waals surface area (Å²) in [4.78, 5) is 19.1. The number of hydrogen-bond donors (Lipinski definition) is 0. The maximum atomic E-state index is 12.9. The minimum Gasteiger partial charge on any atom is -0.376 e. The summed E-state index contributed by atoms with van der Waals surface area (Å²) >= 11 is 0. The molecule has 1 saturated heterocycles. The van der Waals surface area contributed by atoms with E-state index in [0.717, 1.165) is 25.0 Å². The molecule has 2 fully saturated rings. The molecule has 0 aromatic carbocycles. The third-order valence-electron chi connectivity index (χ3n) is 4.99. The van der Waals surface area contributed by atoms with Crippen LogP contribution in [0.15, 0.2) is 43.0 Å². The standard InChI is InChI=1S/C19H22N4O2/c24-19(16-5-8-21-22-12-16)23-9-6-18(25-13-14-3-4-14)17(23)10-15-2-1-7-20-11-15/h1-2,5,7-8,11-12,14,17-18H,3-4,6,9-10,13H2/t17-,18-/m1/s1. The maximum Gasteiger partial charge on any atom is 0.255 e. The lowest BCUT2D eigenvalue weighted by atomic mass is 10.0. The highest BCUT2D eigenvalue weighted by Gasteiger charge is 2.39. The van der Waals surface area contributed by atoms with E-state index in [0.29, 0.717) is 18.0 Å². The first-order chi connectivity index (χ1) is 12.3. The highest BCUT2D eigenvalue weighted by Crippen LogP contribution is 2.32. The quantitative estimate of drug-likeness (QED) is 0.807. The number of likely N-dealkylation sites (tertiary alicyclic amines) is 1. The highest BCUT2D eigenvalue weighted by molar-refractivity contribution is 5.94. The summed E-state index contributed by atoms with van der Waals surface area (Å²) in [5.41, 5.74) is 1.70. The van der Waals surface area contributed by atoms with E-state index in [4.69, 9.17) is 4.74 Å². The number of carbonyl (C=O) groups is 1.